The zero-order valence-corrected chi connectivity index (χ0v) is 16.5. The molecule has 0 saturated carbocycles. The van der Waals surface area contributed by atoms with Gasteiger partial charge in [-0.15, -0.1) is 0 Å². The minimum absolute atomic E-state index is 0.0456. The minimum Gasteiger partial charge on any atom is -0.455 e. The maximum atomic E-state index is 12.3. The molecule has 0 spiro atoms. The summed E-state index contributed by atoms with van der Waals surface area (Å²) in [6, 6.07) is 12.6. The van der Waals surface area contributed by atoms with Crippen LogP contribution in [0.2, 0.25) is 5.02 Å². The van der Waals surface area contributed by atoms with Crippen molar-refractivity contribution in [1.82, 2.24) is 0 Å². The Morgan fingerprint density at radius 1 is 1.21 bits per heavy atom. The molecular formula is C21H21ClN2O4. The van der Waals surface area contributed by atoms with Crippen LogP contribution in [0.1, 0.15) is 17.5 Å². The fraction of sp³-hybridized carbons (Fsp3) is 0.286. The number of carbonyl (C=O) groups excluding carboxylic acids is 3. The first kappa shape index (κ1) is 19.9. The molecule has 28 heavy (non-hydrogen) atoms. The summed E-state index contributed by atoms with van der Waals surface area (Å²) in [7, 11) is 0. The number of nitrogens with zero attached hydrogens (tertiary/aromatic N) is 1. The first-order valence-corrected chi connectivity index (χ1v) is 9.31. The molecule has 146 valence electrons. The van der Waals surface area contributed by atoms with Crippen LogP contribution in [0.4, 0.5) is 11.4 Å². The molecule has 1 atom stereocenters. The summed E-state index contributed by atoms with van der Waals surface area (Å²) < 4.78 is 5.13. The molecule has 1 fully saturated rings. The molecule has 1 aliphatic rings. The minimum atomic E-state index is -0.611. The highest BCUT2D eigenvalue weighted by atomic mass is 35.5. The number of rotatable bonds is 5. The van der Waals surface area contributed by atoms with Gasteiger partial charge in [-0.2, -0.15) is 0 Å². The Kier molecular flexibility index (Phi) is 5.99. The standard InChI is InChI=1S/C21H21ClN2O4/c1-13-6-7-14(2)18(8-13)23-19(25)12-28-21(27)15-9-20(26)24(11-15)17-5-3-4-16(22)10-17/h3-8,10,15H,9,11-12H2,1-2H3,(H,23,25)/t15-/m0/s1. The molecule has 0 radical (unpaired) electrons. The largest absolute Gasteiger partial charge is 0.455 e. The Morgan fingerprint density at radius 3 is 2.75 bits per heavy atom. The van der Waals surface area contributed by atoms with Gasteiger partial charge < -0.3 is 15.0 Å². The molecule has 0 bridgehead atoms. The smallest absolute Gasteiger partial charge is 0.311 e. The third kappa shape index (κ3) is 4.70. The Morgan fingerprint density at radius 2 is 2.00 bits per heavy atom. The lowest BCUT2D eigenvalue weighted by Crippen LogP contribution is -2.28. The Balaban J connectivity index is 1.54. The van der Waals surface area contributed by atoms with Gasteiger partial charge in [0.15, 0.2) is 6.61 Å². The molecule has 0 unspecified atom stereocenters. The number of hydrogen-bond acceptors (Lipinski definition) is 4. The van der Waals surface area contributed by atoms with Crippen molar-refractivity contribution in [3.05, 3.63) is 58.6 Å². The van der Waals surface area contributed by atoms with Gasteiger partial charge in [-0.3, -0.25) is 14.4 Å². The van der Waals surface area contributed by atoms with Crippen molar-refractivity contribution < 1.29 is 19.1 Å². The van der Waals surface area contributed by atoms with Gasteiger partial charge in [-0.1, -0.05) is 29.8 Å². The SMILES string of the molecule is Cc1ccc(C)c(NC(=O)COC(=O)[C@H]2CC(=O)N(c3cccc(Cl)c3)C2)c1. The molecule has 2 amide bonds. The zero-order valence-electron chi connectivity index (χ0n) is 15.7. The zero-order chi connectivity index (χ0) is 20.3. The summed E-state index contributed by atoms with van der Waals surface area (Å²) in [6.45, 7) is 3.62. The van der Waals surface area contributed by atoms with Crippen LogP contribution in [-0.4, -0.2) is 30.9 Å². The predicted molar refractivity (Wildman–Crippen MR) is 107 cm³/mol. The molecule has 0 aromatic heterocycles. The lowest BCUT2D eigenvalue weighted by Gasteiger charge is -2.16. The van der Waals surface area contributed by atoms with Gasteiger partial charge in [0.25, 0.3) is 5.91 Å². The number of aryl methyl sites for hydroxylation is 2. The lowest BCUT2D eigenvalue weighted by atomic mass is 10.1. The maximum absolute atomic E-state index is 12.3. The van der Waals surface area contributed by atoms with E-state index in [2.05, 4.69) is 5.32 Å². The van der Waals surface area contributed by atoms with Crippen molar-refractivity contribution in [2.45, 2.75) is 20.3 Å². The second kappa shape index (κ2) is 8.44. The van der Waals surface area contributed by atoms with Gasteiger partial charge in [0.05, 0.1) is 5.92 Å². The number of esters is 1. The van der Waals surface area contributed by atoms with Crippen molar-refractivity contribution >= 4 is 40.8 Å². The first-order valence-electron chi connectivity index (χ1n) is 8.93. The highest BCUT2D eigenvalue weighted by Gasteiger charge is 2.36. The summed E-state index contributed by atoms with van der Waals surface area (Å²) in [4.78, 5) is 38.2. The average molecular weight is 401 g/mol. The topological polar surface area (TPSA) is 75.7 Å². The Hall–Kier alpha value is -2.86. The molecule has 3 rings (SSSR count). The quantitative estimate of drug-likeness (QED) is 0.779. The van der Waals surface area contributed by atoms with Crippen LogP contribution in [0, 0.1) is 19.8 Å². The van der Waals surface area contributed by atoms with Gasteiger partial charge in [-0.25, -0.2) is 0 Å². The molecule has 1 N–H and O–H groups in total. The van der Waals surface area contributed by atoms with Crippen molar-refractivity contribution in [3.63, 3.8) is 0 Å². The van der Waals surface area contributed by atoms with E-state index in [9.17, 15) is 14.4 Å². The summed E-state index contributed by atoms with van der Waals surface area (Å²) in [5.74, 6) is -1.77. The number of anilines is 2. The molecule has 1 saturated heterocycles. The molecule has 1 aliphatic heterocycles. The first-order chi connectivity index (χ1) is 13.3. The van der Waals surface area contributed by atoms with E-state index in [1.165, 1.54) is 4.90 Å². The van der Waals surface area contributed by atoms with Gasteiger partial charge in [0, 0.05) is 29.4 Å². The third-order valence-corrected chi connectivity index (χ3v) is 4.83. The monoisotopic (exact) mass is 400 g/mol. The number of hydrogen-bond donors (Lipinski definition) is 1. The normalized spacial score (nSPS) is 16.2. The molecule has 0 aliphatic carbocycles. The number of nitrogens with one attached hydrogen (secondary N) is 1. The highest BCUT2D eigenvalue weighted by molar-refractivity contribution is 6.31. The second-order valence-corrected chi connectivity index (χ2v) is 7.30. The van der Waals surface area contributed by atoms with Crippen LogP contribution in [0.15, 0.2) is 42.5 Å². The van der Waals surface area contributed by atoms with Crippen LogP contribution in [0.3, 0.4) is 0 Å². The van der Waals surface area contributed by atoms with Crippen LogP contribution in [0.25, 0.3) is 0 Å². The Bertz CT molecular complexity index is 928. The van der Waals surface area contributed by atoms with Crippen LogP contribution >= 0.6 is 11.6 Å². The predicted octanol–water partition coefficient (Wildman–Crippen LogP) is 3.49. The van der Waals surface area contributed by atoms with Crippen LogP contribution in [0.5, 0.6) is 0 Å². The number of halogens is 1. The van der Waals surface area contributed by atoms with Crippen molar-refractivity contribution in [2.24, 2.45) is 5.92 Å². The maximum Gasteiger partial charge on any atom is 0.311 e. The fourth-order valence-electron chi connectivity index (χ4n) is 3.07. The molecular weight excluding hydrogens is 380 g/mol. The highest BCUT2D eigenvalue weighted by Crippen LogP contribution is 2.27. The van der Waals surface area contributed by atoms with E-state index in [0.29, 0.717) is 16.4 Å². The van der Waals surface area contributed by atoms with E-state index >= 15 is 0 Å². The van der Waals surface area contributed by atoms with Gasteiger partial charge in [0.1, 0.15) is 0 Å². The van der Waals surface area contributed by atoms with Crippen LogP contribution < -0.4 is 10.2 Å². The summed E-state index contributed by atoms with van der Waals surface area (Å²) >= 11 is 5.97. The Labute approximate surface area is 168 Å². The second-order valence-electron chi connectivity index (χ2n) is 6.86. The third-order valence-electron chi connectivity index (χ3n) is 4.59. The van der Waals surface area contributed by atoms with Crippen LogP contribution in [-0.2, 0) is 19.1 Å². The molecule has 2 aromatic rings. The summed E-state index contributed by atoms with van der Waals surface area (Å²) in [5, 5.41) is 3.25. The summed E-state index contributed by atoms with van der Waals surface area (Å²) in [5.41, 5.74) is 3.26. The number of amides is 2. The lowest BCUT2D eigenvalue weighted by molar-refractivity contribution is -0.151. The molecule has 1 heterocycles. The van der Waals surface area contributed by atoms with Crippen molar-refractivity contribution in [1.29, 1.82) is 0 Å². The average Bonchev–Trinajstić information content (AvgIpc) is 3.04. The molecule has 2 aromatic carbocycles. The van der Waals surface area contributed by atoms with E-state index < -0.39 is 24.4 Å². The van der Waals surface area contributed by atoms with E-state index in [0.717, 1.165) is 11.1 Å². The number of ether oxygens (including phenoxy) is 1. The molecule has 7 heteroatoms. The van der Waals surface area contributed by atoms with E-state index in [-0.39, 0.29) is 18.9 Å². The van der Waals surface area contributed by atoms with Crippen molar-refractivity contribution in [3.8, 4) is 0 Å². The number of benzene rings is 2. The van der Waals surface area contributed by atoms with Gasteiger partial charge in [0.2, 0.25) is 5.91 Å². The summed E-state index contributed by atoms with van der Waals surface area (Å²) in [6.07, 6.45) is 0.0456. The number of carbonyl (C=O) groups is 3. The van der Waals surface area contributed by atoms with Gasteiger partial charge in [-0.05, 0) is 49.2 Å². The van der Waals surface area contributed by atoms with E-state index in [4.69, 9.17) is 16.3 Å². The van der Waals surface area contributed by atoms with Gasteiger partial charge >= 0.3 is 5.97 Å². The van der Waals surface area contributed by atoms with E-state index in [1.54, 1.807) is 24.3 Å². The van der Waals surface area contributed by atoms with Crippen molar-refractivity contribution in [2.75, 3.05) is 23.4 Å². The molecule has 6 nitrogen and oxygen atoms in total. The fourth-order valence-corrected chi connectivity index (χ4v) is 3.25. The van der Waals surface area contributed by atoms with E-state index in [1.807, 2.05) is 32.0 Å².